The fourth-order valence-corrected chi connectivity index (χ4v) is 2.42. The van der Waals surface area contributed by atoms with Gasteiger partial charge in [0, 0.05) is 11.3 Å². The molecule has 2 aromatic carbocycles. The molecule has 0 saturated heterocycles. The highest BCUT2D eigenvalue weighted by atomic mass is 127. The van der Waals surface area contributed by atoms with E-state index in [2.05, 4.69) is 36.3 Å². The Hall–Kier alpha value is -1.76. The largest absolute Gasteiger partial charge is 0.491 e. The number of guanidine groups is 1. The van der Waals surface area contributed by atoms with Crippen LogP contribution in [0, 0.1) is 13.8 Å². The topological polar surface area (TPSA) is 59.6 Å². The van der Waals surface area contributed by atoms with Gasteiger partial charge < -0.3 is 15.8 Å². The van der Waals surface area contributed by atoms with Crippen molar-refractivity contribution in [1.29, 1.82) is 0 Å². The van der Waals surface area contributed by atoms with Crippen LogP contribution in [-0.4, -0.2) is 12.6 Å². The van der Waals surface area contributed by atoms with Gasteiger partial charge in [-0.15, -0.1) is 24.0 Å². The van der Waals surface area contributed by atoms with Crippen LogP contribution in [0.25, 0.3) is 0 Å². The van der Waals surface area contributed by atoms with E-state index in [1.54, 1.807) is 0 Å². The van der Waals surface area contributed by atoms with E-state index in [-0.39, 0.29) is 30.0 Å². The SMILES string of the molecule is Cc1ccc(NC(N)=NC2COc3ccccc32)cc1C.I. The lowest BCUT2D eigenvalue weighted by atomic mass is 10.1. The predicted molar refractivity (Wildman–Crippen MR) is 101 cm³/mol. The van der Waals surface area contributed by atoms with Gasteiger partial charge in [-0.3, -0.25) is 0 Å². The minimum Gasteiger partial charge on any atom is -0.491 e. The number of rotatable bonds is 2. The molecular formula is C17H20IN3O. The number of aliphatic imine (C=N–C) groups is 1. The summed E-state index contributed by atoms with van der Waals surface area (Å²) in [6.07, 6.45) is 0. The first-order valence-electron chi connectivity index (χ1n) is 7.03. The van der Waals surface area contributed by atoms with Crippen molar-refractivity contribution in [2.45, 2.75) is 19.9 Å². The van der Waals surface area contributed by atoms with Crippen LogP contribution in [0.3, 0.4) is 0 Å². The van der Waals surface area contributed by atoms with Gasteiger partial charge in [-0.1, -0.05) is 24.3 Å². The number of fused-ring (bicyclic) bond motifs is 1. The molecule has 0 bridgehead atoms. The van der Waals surface area contributed by atoms with Gasteiger partial charge in [-0.25, -0.2) is 4.99 Å². The number of nitrogens with zero attached hydrogens (tertiary/aromatic N) is 1. The monoisotopic (exact) mass is 409 g/mol. The number of ether oxygens (including phenoxy) is 1. The Morgan fingerprint density at radius 2 is 1.95 bits per heavy atom. The lowest BCUT2D eigenvalue weighted by Crippen LogP contribution is -2.23. The minimum atomic E-state index is -0.0414. The van der Waals surface area contributed by atoms with Crippen molar-refractivity contribution in [3.8, 4) is 5.75 Å². The van der Waals surface area contributed by atoms with Gasteiger partial charge in [-0.05, 0) is 43.2 Å². The number of anilines is 1. The van der Waals surface area contributed by atoms with Gasteiger partial charge in [0.1, 0.15) is 18.4 Å². The maximum absolute atomic E-state index is 6.01. The number of nitrogens with two attached hydrogens (primary N) is 1. The standard InChI is InChI=1S/C17H19N3O.HI/c1-11-7-8-13(9-12(11)2)19-17(18)20-15-10-21-16-6-4-3-5-14(15)16;/h3-9,15H,10H2,1-2H3,(H3,18,19,20);1H. The second kappa shape index (κ2) is 7.00. The van der Waals surface area contributed by atoms with Crippen LogP contribution in [0.5, 0.6) is 5.75 Å². The summed E-state index contributed by atoms with van der Waals surface area (Å²) in [7, 11) is 0. The Morgan fingerprint density at radius 1 is 1.18 bits per heavy atom. The smallest absolute Gasteiger partial charge is 0.193 e. The van der Waals surface area contributed by atoms with E-state index in [0.29, 0.717) is 12.6 Å². The fraction of sp³-hybridized carbons (Fsp3) is 0.235. The molecule has 1 aliphatic rings. The van der Waals surface area contributed by atoms with E-state index in [1.165, 1.54) is 11.1 Å². The van der Waals surface area contributed by atoms with Gasteiger partial charge in [0.15, 0.2) is 5.96 Å². The van der Waals surface area contributed by atoms with Gasteiger partial charge >= 0.3 is 0 Å². The average Bonchev–Trinajstić information content (AvgIpc) is 2.86. The van der Waals surface area contributed by atoms with Gasteiger partial charge in [0.05, 0.1) is 0 Å². The summed E-state index contributed by atoms with van der Waals surface area (Å²) in [6, 6.07) is 14.0. The van der Waals surface area contributed by atoms with Crippen molar-refractivity contribution < 1.29 is 4.74 Å². The number of nitrogens with one attached hydrogen (secondary N) is 1. The molecule has 1 heterocycles. The van der Waals surface area contributed by atoms with Crippen molar-refractivity contribution >= 4 is 35.6 Å². The molecule has 1 unspecified atom stereocenters. The highest BCUT2D eigenvalue weighted by molar-refractivity contribution is 14.0. The van der Waals surface area contributed by atoms with Crippen molar-refractivity contribution in [3.63, 3.8) is 0 Å². The molecule has 0 amide bonds. The van der Waals surface area contributed by atoms with Crippen LogP contribution in [0.2, 0.25) is 0 Å². The summed E-state index contributed by atoms with van der Waals surface area (Å²) in [5, 5.41) is 3.14. The summed E-state index contributed by atoms with van der Waals surface area (Å²) < 4.78 is 5.61. The molecular weight excluding hydrogens is 389 g/mol. The molecule has 0 aliphatic carbocycles. The molecule has 3 N–H and O–H groups in total. The molecule has 22 heavy (non-hydrogen) atoms. The Kier molecular flexibility index (Phi) is 5.28. The molecule has 0 radical (unpaired) electrons. The highest BCUT2D eigenvalue weighted by Gasteiger charge is 2.23. The third-order valence-corrected chi connectivity index (χ3v) is 3.75. The number of aryl methyl sites for hydroxylation is 2. The van der Waals surface area contributed by atoms with E-state index in [1.807, 2.05) is 30.3 Å². The number of para-hydroxylation sites is 1. The van der Waals surface area contributed by atoms with E-state index in [4.69, 9.17) is 10.5 Å². The van der Waals surface area contributed by atoms with E-state index >= 15 is 0 Å². The number of halogens is 1. The van der Waals surface area contributed by atoms with Crippen molar-refractivity contribution in [1.82, 2.24) is 0 Å². The molecule has 2 aromatic rings. The third kappa shape index (κ3) is 3.52. The van der Waals surface area contributed by atoms with Crippen LogP contribution in [0.4, 0.5) is 5.69 Å². The summed E-state index contributed by atoms with van der Waals surface area (Å²) in [5.74, 6) is 1.30. The third-order valence-electron chi connectivity index (χ3n) is 3.75. The first-order valence-corrected chi connectivity index (χ1v) is 7.03. The van der Waals surface area contributed by atoms with Gasteiger partial charge in [0.25, 0.3) is 0 Å². The molecule has 0 spiro atoms. The fourth-order valence-electron chi connectivity index (χ4n) is 2.42. The zero-order chi connectivity index (χ0) is 14.8. The summed E-state index contributed by atoms with van der Waals surface area (Å²) in [6.45, 7) is 4.70. The first kappa shape index (κ1) is 16.6. The Balaban J connectivity index is 0.00000176. The molecule has 1 atom stereocenters. The maximum atomic E-state index is 6.01. The molecule has 4 nitrogen and oxygen atoms in total. The summed E-state index contributed by atoms with van der Waals surface area (Å²) in [4.78, 5) is 4.52. The Labute approximate surface area is 147 Å². The maximum Gasteiger partial charge on any atom is 0.193 e. The van der Waals surface area contributed by atoms with E-state index in [0.717, 1.165) is 17.0 Å². The molecule has 0 saturated carbocycles. The van der Waals surface area contributed by atoms with Crippen LogP contribution in [0.15, 0.2) is 47.5 Å². The summed E-state index contributed by atoms with van der Waals surface area (Å²) in [5.41, 5.74) is 10.5. The molecule has 5 heteroatoms. The Morgan fingerprint density at radius 3 is 2.73 bits per heavy atom. The van der Waals surface area contributed by atoms with Gasteiger partial charge in [0.2, 0.25) is 0 Å². The van der Waals surface area contributed by atoms with Gasteiger partial charge in [-0.2, -0.15) is 0 Å². The van der Waals surface area contributed by atoms with Crippen molar-refractivity contribution in [2.75, 3.05) is 11.9 Å². The second-order valence-electron chi connectivity index (χ2n) is 5.30. The quantitative estimate of drug-likeness (QED) is 0.451. The number of hydrogen-bond acceptors (Lipinski definition) is 2. The average molecular weight is 409 g/mol. The highest BCUT2D eigenvalue weighted by Crippen LogP contribution is 2.34. The molecule has 1 aliphatic heterocycles. The lowest BCUT2D eigenvalue weighted by Gasteiger charge is -2.10. The lowest BCUT2D eigenvalue weighted by molar-refractivity contribution is 0.334. The zero-order valence-electron chi connectivity index (χ0n) is 12.7. The van der Waals surface area contributed by atoms with Crippen molar-refractivity contribution in [3.05, 3.63) is 59.2 Å². The number of benzene rings is 2. The molecule has 116 valence electrons. The number of hydrogen-bond donors (Lipinski definition) is 2. The zero-order valence-corrected chi connectivity index (χ0v) is 15.0. The van der Waals surface area contributed by atoms with Crippen molar-refractivity contribution in [2.24, 2.45) is 10.7 Å². The van der Waals surface area contributed by atoms with Crippen LogP contribution < -0.4 is 15.8 Å². The minimum absolute atomic E-state index is 0. The first-order chi connectivity index (χ1) is 10.1. The summed E-state index contributed by atoms with van der Waals surface area (Å²) >= 11 is 0. The van der Waals surface area contributed by atoms with E-state index < -0.39 is 0 Å². The van der Waals surface area contributed by atoms with Crippen LogP contribution in [-0.2, 0) is 0 Å². The Bertz CT molecular complexity index is 700. The van der Waals surface area contributed by atoms with Crippen LogP contribution >= 0.6 is 24.0 Å². The normalized spacial score (nSPS) is 16.5. The predicted octanol–water partition coefficient (Wildman–Crippen LogP) is 3.78. The molecule has 3 rings (SSSR count). The van der Waals surface area contributed by atoms with Crippen LogP contribution in [0.1, 0.15) is 22.7 Å². The molecule has 0 fully saturated rings. The molecule has 0 aromatic heterocycles. The second-order valence-corrected chi connectivity index (χ2v) is 5.30. The van der Waals surface area contributed by atoms with E-state index in [9.17, 15) is 0 Å².